The van der Waals surface area contributed by atoms with Crippen molar-refractivity contribution in [1.29, 1.82) is 0 Å². The summed E-state index contributed by atoms with van der Waals surface area (Å²) in [6.07, 6.45) is 0. The van der Waals surface area contributed by atoms with Gasteiger partial charge in [-0.2, -0.15) is 0 Å². The van der Waals surface area contributed by atoms with E-state index in [2.05, 4.69) is 58.5 Å². The van der Waals surface area contributed by atoms with Crippen LogP contribution in [0.1, 0.15) is 31.0 Å². The Bertz CT molecular complexity index is 539. The van der Waals surface area contributed by atoms with E-state index in [-0.39, 0.29) is 0 Å². The Kier molecular flexibility index (Phi) is 5.62. The average molecular weight is 334 g/mol. The van der Waals surface area contributed by atoms with E-state index in [0.717, 1.165) is 16.8 Å². The van der Waals surface area contributed by atoms with Gasteiger partial charge in [0.1, 0.15) is 5.75 Å². The van der Waals surface area contributed by atoms with Gasteiger partial charge in [-0.15, -0.1) is 0 Å². The zero-order chi connectivity index (χ0) is 14.4. The van der Waals surface area contributed by atoms with Crippen LogP contribution >= 0.6 is 15.9 Å². The molecule has 0 heterocycles. The highest BCUT2D eigenvalue weighted by Crippen LogP contribution is 2.23. The highest BCUT2D eigenvalue weighted by molar-refractivity contribution is 9.10. The second-order valence-electron chi connectivity index (χ2n) is 4.70. The van der Waals surface area contributed by atoms with Gasteiger partial charge in [0.05, 0.1) is 6.61 Å². The molecule has 3 heteroatoms. The molecule has 0 aliphatic rings. The molecule has 0 spiro atoms. The molecular formula is C17H20BrNO. The van der Waals surface area contributed by atoms with E-state index in [1.807, 2.05) is 25.1 Å². The molecule has 106 valence electrons. The minimum absolute atomic E-state index is 0.303. The van der Waals surface area contributed by atoms with Crippen LogP contribution in [0.15, 0.2) is 53.0 Å². The van der Waals surface area contributed by atoms with Crippen molar-refractivity contribution in [3.8, 4) is 5.75 Å². The number of hydrogen-bond acceptors (Lipinski definition) is 2. The van der Waals surface area contributed by atoms with Gasteiger partial charge in [0, 0.05) is 17.1 Å². The summed E-state index contributed by atoms with van der Waals surface area (Å²) < 4.78 is 6.59. The lowest BCUT2D eigenvalue weighted by molar-refractivity contribution is 0.340. The number of hydrogen-bond donors (Lipinski definition) is 1. The molecule has 0 aliphatic carbocycles. The number of benzene rings is 2. The van der Waals surface area contributed by atoms with Crippen LogP contribution in [0.2, 0.25) is 0 Å². The quantitative estimate of drug-likeness (QED) is 0.827. The zero-order valence-corrected chi connectivity index (χ0v) is 13.5. The minimum Gasteiger partial charge on any atom is -0.494 e. The molecule has 0 radical (unpaired) electrons. The second kappa shape index (κ2) is 7.46. The van der Waals surface area contributed by atoms with E-state index in [4.69, 9.17) is 4.74 Å². The van der Waals surface area contributed by atoms with Crippen molar-refractivity contribution in [1.82, 2.24) is 5.32 Å². The first-order valence-electron chi connectivity index (χ1n) is 6.90. The van der Waals surface area contributed by atoms with E-state index >= 15 is 0 Å². The van der Waals surface area contributed by atoms with Gasteiger partial charge in [0.2, 0.25) is 0 Å². The highest BCUT2D eigenvalue weighted by atomic mass is 79.9. The monoisotopic (exact) mass is 333 g/mol. The van der Waals surface area contributed by atoms with E-state index in [1.54, 1.807) is 0 Å². The first kappa shape index (κ1) is 15.1. The molecule has 0 aliphatic heterocycles. The fraction of sp³-hybridized carbons (Fsp3) is 0.294. The maximum atomic E-state index is 5.44. The largest absolute Gasteiger partial charge is 0.494 e. The summed E-state index contributed by atoms with van der Waals surface area (Å²) in [6.45, 7) is 5.72. The van der Waals surface area contributed by atoms with Gasteiger partial charge in [-0.05, 0) is 43.2 Å². The average Bonchev–Trinajstić information content (AvgIpc) is 2.47. The maximum absolute atomic E-state index is 5.44. The van der Waals surface area contributed by atoms with Crippen molar-refractivity contribution in [2.45, 2.75) is 26.4 Å². The van der Waals surface area contributed by atoms with Crippen molar-refractivity contribution in [3.05, 3.63) is 64.1 Å². The highest BCUT2D eigenvalue weighted by Gasteiger charge is 2.07. The molecule has 0 bridgehead atoms. The predicted octanol–water partition coefficient (Wildman–Crippen LogP) is 4.70. The van der Waals surface area contributed by atoms with Gasteiger partial charge >= 0.3 is 0 Å². The number of rotatable bonds is 6. The zero-order valence-electron chi connectivity index (χ0n) is 11.9. The molecule has 2 aromatic carbocycles. The fourth-order valence-electron chi connectivity index (χ4n) is 2.08. The SMILES string of the molecule is CCOc1ccc(CNC(C)c2ccccc2Br)cc1. The Balaban J connectivity index is 1.93. The van der Waals surface area contributed by atoms with Crippen molar-refractivity contribution in [3.63, 3.8) is 0 Å². The van der Waals surface area contributed by atoms with E-state index in [0.29, 0.717) is 12.6 Å². The summed E-state index contributed by atoms with van der Waals surface area (Å²) >= 11 is 3.59. The summed E-state index contributed by atoms with van der Waals surface area (Å²) in [4.78, 5) is 0. The molecule has 2 rings (SSSR count). The first-order valence-corrected chi connectivity index (χ1v) is 7.69. The van der Waals surface area contributed by atoms with Crippen molar-refractivity contribution >= 4 is 15.9 Å². The number of ether oxygens (including phenoxy) is 1. The van der Waals surface area contributed by atoms with Crippen LogP contribution in [0, 0.1) is 0 Å². The normalized spacial score (nSPS) is 12.2. The second-order valence-corrected chi connectivity index (χ2v) is 5.56. The third kappa shape index (κ3) is 4.09. The van der Waals surface area contributed by atoms with Gasteiger partial charge in [-0.25, -0.2) is 0 Å². The van der Waals surface area contributed by atoms with Crippen LogP contribution in [0.4, 0.5) is 0 Å². The fourth-order valence-corrected chi connectivity index (χ4v) is 2.71. The Morgan fingerprint density at radius 1 is 1.10 bits per heavy atom. The first-order chi connectivity index (χ1) is 9.70. The Labute approximate surface area is 129 Å². The Morgan fingerprint density at radius 2 is 1.80 bits per heavy atom. The Morgan fingerprint density at radius 3 is 2.45 bits per heavy atom. The molecule has 2 nitrogen and oxygen atoms in total. The summed E-state index contributed by atoms with van der Waals surface area (Å²) in [7, 11) is 0. The Hall–Kier alpha value is -1.32. The summed E-state index contributed by atoms with van der Waals surface area (Å²) in [5, 5.41) is 3.54. The van der Waals surface area contributed by atoms with Gasteiger partial charge in [-0.3, -0.25) is 0 Å². The molecule has 0 fully saturated rings. The molecule has 2 aromatic rings. The van der Waals surface area contributed by atoms with E-state index < -0.39 is 0 Å². The van der Waals surface area contributed by atoms with E-state index in [9.17, 15) is 0 Å². The number of halogens is 1. The molecule has 1 atom stereocenters. The summed E-state index contributed by atoms with van der Waals surface area (Å²) in [5.74, 6) is 0.926. The molecule has 0 aromatic heterocycles. The van der Waals surface area contributed by atoms with Gasteiger partial charge in [0.15, 0.2) is 0 Å². The van der Waals surface area contributed by atoms with Crippen LogP contribution in [-0.2, 0) is 6.54 Å². The predicted molar refractivity (Wildman–Crippen MR) is 87.0 cm³/mol. The van der Waals surface area contributed by atoms with Crippen molar-refractivity contribution in [2.75, 3.05) is 6.61 Å². The van der Waals surface area contributed by atoms with Crippen LogP contribution in [0.3, 0.4) is 0 Å². The van der Waals surface area contributed by atoms with Crippen molar-refractivity contribution in [2.24, 2.45) is 0 Å². The van der Waals surface area contributed by atoms with Crippen molar-refractivity contribution < 1.29 is 4.74 Å². The van der Waals surface area contributed by atoms with E-state index in [1.165, 1.54) is 11.1 Å². The van der Waals surface area contributed by atoms with Crippen LogP contribution in [-0.4, -0.2) is 6.61 Å². The lowest BCUT2D eigenvalue weighted by atomic mass is 10.1. The summed E-state index contributed by atoms with van der Waals surface area (Å²) in [5.41, 5.74) is 2.53. The third-order valence-corrected chi connectivity index (χ3v) is 3.94. The smallest absolute Gasteiger partial charge is 0.119 e. The molecule has 0 saturated carbocycles. The molecule has 0 amide bonds. The molecule has 20 heavy (non-hydrogen) atoms. The molecular weight excluding hydrogens is 314 g/mol. The number of nitrogens with one attached hydrogen (secondary N) is 1. The standard InChI is InChI=1S/C17H20BrNO/c1-3-20-15-10-8-14(9-11-15)12-19-13(2)16-6-4-5-7-17(16)18/h4-11,13,19H,3,12H2,1-2H3. The van der Waals surface area contributed by atoms with Crippen LogP contribution < -0.4 is 10.1 Å². The lowest BCUT2D eigenvalue weighted by Crippen LogP contribution is -2.18. The minimum atomic E-state index is 0.303. The molecule has 1 unspecified atom stereocenters. The lowest BCUT2D eigenvalue weighted by Gasteiger charge is -2.16. The third-order valence-electron chi connectivity index (χ3n) is 3.22. The van der Waals surface area contributed by atoms with Gasteiger partial charge in [-0.1, -0.05) is 46.3 Å². The molecule has 0 saturated heterocycles. The van der Waals surface area contributed by atoms with Crippen LogP contribution in [0.5, 0.6) is 5.75 Å². The van der Waals surface area contributed by atoms with Gasteiger partial charge in [0.25, 0.3) is 0 Å². The van der Waals surface area contributed by atoms with Crippen LogP contribution in [0.25, 0.3) is 0 Å². The topological polar surface area (TPSA) is 21.3 Å². The maximum Gasteiger partial charge on any atom is 0.119 e. The summed E-state index contributed by atoms with van der Waals surface area (Å²) in [6, 6.07) is 16.9. The van der Waals surface area contributed by atoms with Gasteiger partial charge < -0.3 is 10.1 Å². The molecule has 1 N–H and O–H groups in total.